The zero-order valence-electron chi connectivity index (χ0n) is 13.4. The Labute approximate surface area is 156 Å². The van der Waals surface area contributed by atoms with Crippen LogP contribution in [0.3, 0.4) is 0 Å². The Morgan fingerprint density at radius 3 is 2.60 bits per heavy atom. The number of sulfonamides is 1. The Kier molecular flexibility index (Phi) is 4.95. The van der Waals surface area contributed by atoms with E-state index in [0.717, 1.165) is 11.3 Å². The molecule has 2 aromatic carbocycles. The summed E-state index contributed by atoms with van der Waals surface area (Å²) in [5.41, 5.74) is 2.17. The molecule has 5 nitrogen and oxygen atoms in total. The summed E-state index contributed by atoms with van der Waals surface area (Å²) in [6, 6.07) is 9.42. The maximum absolute atomic E-state index is 12.6. The number of hydrogen-bond donors (Lipinski definition) is 1. The maximum atomic E-state index is 12.6. The number of hydrogen-bond acceptors (Lipinski definition) is 3. The van der Waals surface area contributed by atoms with E-state index in [1.807, 2.05) is 6.92 Å². The molecule has 0 aliphatic carbocycles. The Morgan fingerprint density at radius 1 is 1.12 bits per heavy atom. The molecule has 0 aromatic heterocycles. The predicted octanol–water partition coefficient (Wildman–Crippen LogP) is 4.09. The van der Waals surface area contributed by atoms with Gasteiger partial charge in [0.2, 0.25) is 5.91 Å². The van der Waals surface area contributed by atoms with E-state index in [4.69, 9.17) is 23.2 Å². The molecule has 3 rings (SSSR count). The molecule has 1 amide bonds. The number of rotatable bonds is 4. The molecule has 0 atom stereocenters. The SMILES string of the molecule is CCN1C(=O)CCc2cc(NS(=O)(=O)c3cc(Cl)ccc3Cl)ccc21. The molecule has 2 aromatic rings. The zero-order chi connectivity index (χ0) is 18.2. The number of benzene rings is 2. The lowest BCUT2D eigenvalue weighted by atomic mass is 10.0. The van der Waals surface area contributed by atoms with Crippen molar-refractivity contribution < 1.29 is 13.2 Å². The van der Waals surface area contributed by atoms with Crippen molar-refractivity contribution in [3.63, 3.8) is 0 Å². The third-order valence-corrected chi connectivity index (χ3v) is 6.13. The van der Waals surface area contributed by atoms with Crippen molar-refractivity contribution in [2.75, 3.05) is 16.2 Å². The van der Waals surface area contributed by atoms with Crippen molar-refractivity contribution in [2.45, 2.75) is 24.7 Å². The third-order valence-electron chi connectivity index (χ3n) is 4.03. The Morgan fingerprint density at radius 2 is 1.88 bits per heavy atom. The maximum Gasteiger partial charge on any atom is 0.263 e. The summed E-state index contributed by atoms with van der Waals surface area (Å²) in [5, 5.41) is 0.380. The highest BCUT2D eigenvalue weighted by Gasteiger charge is 2.24. The average Bonchev–Trinajstić information content (AvgIpc) is 2.56. The second kappa shape index (κ2) is 6.86. The number of carbonyl (C=O) groups excluding carboxylic acids is 1. The topological polar surface area (TPSA) is 66.5 Å². The Hall–Kier alpha value is -1.76. The van der Waals surface area contributed by atoms with Crippen molar-refractivity contribution >= 4 is 50.5 Å². The van der Waals surface area contributed by atoms with Gasteiger partial charge in [0.25, 0.3) is 10.0 Å². The van der Waals surface area contributed by atoms with E-state index >= 15 is 0 Å². The Bertz CT molecular complexity index is 945. The van der Waals surface area contributed by atoms with E-state index in [-0.39, 0.29) is 20.8 Å². The van der Waals surface area contributed by atoms with Gasteiger partial charge >= 0.3 is 0 Å². The van der Waals surface area contributed by atoms with Crippen LogP contribution in [0.4, 0.5) is 11.4 Å². The molecule has 25 heavy (non-hydrogen) atoms. The first kappa shape index (κ1) is 18.0. The van der Waals surface area contributed by atoms with E-state index < -0.39 is 10.0 Å². The molecule has 0 spiro atoms. The number of fused-ring (bicyclic) bond motifs is 1. The van der Waals surface area contributed by atoms with Gasteiger partial charge in [-0.25, -0.2) is 8.42 Å². The molecule has 0 unspecified atom stereocenters. The third kappa shape index (κ3) is 3.61. The normalized spacial score (nSPS) is 14.4. The molecule has 8 heteroatoms. The summed E-state index contributed by atoms with van der Waals surface area (Å²) in [6.45, 7) is 2.49. The van der Waals surface area contributed by atoms with Crippen LogP contribution in [0.1, 0.15) is 18.9 Å². The first-order valence-corrected chi connectivity index (χ1v) is 9.97. The largest absolute Gasteiger partial charge is 0.312 e. The van der Waals surface area contributed by atoms with Gasteiger partial charge < -0.3 is 4.90 Å². The highest BCUT2D eigenvalue weighted by atomic mass is 35.5. The van der Waals surface area contributed by atoms with Crippen LogP contribution in [0.2, 0.25) is 10.0 Å². The van der Waals surface area contributed by atoms with Crippen LogP contribution < -0.4 is 9.62 Å². The van der Waals surface area contributed by atoms with Crippen LogP contribution >= 0.6 is 23.2 Å². The fourth-order valence-electron chi connectivity index (χ4n) is 2.86. The molecule has 0 saturated heterocycles. The first-order chi connectivity index (χ1) is 11.8. The van der Waals surface area contributed by atoms with E-state index in [0.29, 0.717) is 25.1 Å². The van der Waals surface area contributed by atoms with Gasteiger partial charge in [-0.1, -0.05) is 23.2 Å². The summed E-state index contributed by atoms with van der Waals surface area (Å²) in [4.78, 5) is 13.6. The van der Waals surface area contributed by atoms with Crippen molar-refractivity contribution in [3.8, 4) is 0 Å². The second-order valence-corrected chi connectivity index (χ2v) is 8.16. The van der Waals surface area contributed by atoms with Crippen molar-refractivity contribution in [1.29, 1.82) is 0 Å². The van der Waals surface area contributed by atoms with Gasteiger partial charge in [0.05, 0.1) is 5.02 Å². The smallest absolute Gasteiger partial charge is 0.263 e. The van der Waals surface area contributed by atoms with Crippen LogP contribution in [0.25, 0.3) is 0 Å². The van der Waals surface area contributed by atoms with E-state index in [1.165, 1.54) is 18.2 Å². The highest BCUT2D eigenvalue weighted by Crippen LogP contribution is 2.32. The van der Waals surface area contributed by atoms with E-state index in [2.05, 4.69) is 4.72 Å². The number of nitrogens with zero attached hydrogens (tertiary/aromatic N) is 1. The molecule has 1 heterocycles. The quantitative estimate of drug-likeness (QED) is 0.842. The lowest BCUT2D eigenvalue weighted by Crippen LogP contribution is -2.34. The van der Waals surface area contributed by atoms with Crippen molar-refractivity contribution in [1.82, 2.24) is 0 Å². The number of amides is 1. The van der Waals surface area contributed by atoms with Gasteiger partial charge in [0.1, 0.15) is 4.90 Å². The number of halogens is 2. The van der Waals surface area contributed by atoms with Gasteiger partial charge in [0.15, 0.2) is 0 Å². The number of anilines is 2. The van der Waals surface area contributed by atoms with Crippen molar-refractivity contribution in [3.05, 3.63) is 52.0 Å². The molecule has 1 N–H and O–H groups in total. The molecule has 0 saturated carbocycles. The lowest BCUT2D eigenvalue weighted by Gasteiger charge is -2.28. The first-order valence-electron chi connectivity index (χ1n) is 7.73. The van der Waals surface area contributed by atoms with Crippen LogP contribution in [0.5, 0.6) is 0 Å². The number of aryl methyl sites for hydroxylation is 1. The summed E-state index contributed by atoms with van der Waals surface area (Å²) < 4.78 is 27.7. The van der Waals surface area contributed by atoms with Crippen LogP contribution in [0, 0.1) is 0 Å². The summed E-state index contributed by atoms with van der Waals surface area (Å²) in [5.74, 6) is 0.0778. The minimum absolute atomic E-state index is 0.0778. The fraction of sp³-hybridized carbons (Fsp3) is 0.235. The van der Waals surface area contributed by atoms with Gasteiger partial charge in [0, 0.05) is 29.4 Å². The molecule has 0 bridgehead atoms. The molecular formula is C17H16Cl2N2O3S. The molecule has 132 valence electrons. The van der Waals surface area contributed by atoms with E-state index in [1.54, 1.807) is 23.1 Å². The van der Waals surface area contributed by atoms with Crippen LogP contribution in [-0.2, 0) is 21.2 Å². The number of carbonyl (C=O) groups is 1. The van der Waals surface area contributed by atoms with Gasteiger partial charge in [-0.2, -0.15) is 0 Å². The highest BCUT2D eigenvalue weighted by molar-refractivity contribution is 7.92. The molecule has 1 aliphatic heterocycles. The molecular weight excluding hydrogens is 383 g/mol. The summed E-state index contributed by atoms with van der Waals surface area (Å²) >= 11 is 11.9. The summed E-state index contributed by atoms with van der Waals surface area (Å²) in [7, 11) is -3.87. The van der Waals surface area contributed by atoms with Gasteiger partial charge in [-0.05, 0) is 55.3 Å². The van der Waals surface area contributed by atoms with E-state index in [9.17, 15) is 13.2 Å². The Balaban J connectivity index is 1.94. The van der Waals surface area contributed by atoms with Crippen LogP contribution in [0.15, 0.2) is 41.3 Å². The average molecular weight is 399 g/mol. The monoisotopic (exact) mass is 398 g/mol. The van der Waals surface area contributed by atoms with Crippen LogP contribution in [-0.4, -0.2) is 20.9 Å². The summed E-state index contributed by atoms with van der Waals surface area (Å²) in [6.07, 6.45) is 0.995. The molecule has 1 aliphatic rings. The van der Waals surface area contributed by atoms with Crippen molar-refractivity contribution in [2.24, 2.45) is 0 Å². The van der Waals surface area contributed by atoms with Gasteiger partial charge in [-0.3, -0.25) is 9.52 Å². The zero-order valence-corrected chi connectivity index (χ0v) is 15.7. The lowest BCUT2D eigenvalue weighted by molar-refractivity contribution is -0.118. The predicted molar refractivity (Wildman–Crippen MR) is 100 cm³/mol. The molecule has 0 radical (unpaired) electrons. The minimum atomic E-state index is -3.87. The van der Waals surface area contributed by atoms with Gasteiger partial charge in [-0.15, -0.1) is 0 Å². The number of nitrogens with one attached hydrogen (secondary N) is 1. The second-order valence-electron chi connectivity index (χ2n) is 5.66. The standard InChI is InChI=1S/C17H16Cl2N2O3S/c1-2-21-15-7-5-13(9-11(15)3-8-17(21)22)20-25(23,24)16-10-12(18)4-6-14(16)19/h4-7,9-10,20H,2-3,8H2,1H3. The minimum Gasteiger partial charge on any atom is -0.312 e. The molecule has 0 fully saturated rings. The fourth-order valence-corrected chi connectivity index (χ4v) is 4.68.